The van der Waals surface area contributed by atoms with Crippen LogP contribution in [0, 0.1) is 12.3 Å². The second kappa shape index (κ2) is 7.14. The summed E-state index contributed by atoms with van der Waals surface area (Å²) in [6.45, 7) is 0. The van der Waals surface area contributed by atoms with Gasteiger partial charge in [-0.25, -0.2) is 0 Å². The summed E-state index contributed by atoms with van der Waals surface area (Å²) < 4.78 is 4.91. The molecule has 0 saturated carbocycles. The fourth-order valence-electron chi connectivity index (χ4n) is 1.09. The third kappa shape index (κ3) is 4.34. The quantitative estimate of drug-likeness (QED) is 0.656. The molecule has 0 bridgehead atoms. The molecule has 0 aliphatic carbocycles. The van der Waals surface area contributed by atoms with Crippen LogP contribution in [0.15, 0.2) is 60.7 Å². The third-order valence-electron chi connectivity index (χ3n) is 1.92. The highest BCUT2D eigenvalue weighted by molar-refractivity contribution is 5.30. The number of benzene rings is 2. The lowest BCUT2D eigenvalue weighted by Crippen LogP contribution is -1.78. The van der Waals surface area contributed by atoms with Crippen molar-refractivity contribution in [3.63, 3.8) is 0 Å². The summed E-state index contributed by atoms with van der Waals surface area (Å²) in [5, 5.41) is 0. The van der Waals surface area contributed by atoms with E-state index >= 15 is 0 Å². The van der Waals surface area contributed by atoms with Crippen molar-refractivity contribution in [1.29, 1.82) is 0 Å². The molecule has 2 rings (SSSR count). The smallest absolute Gasteiger partial charge is 0.118 e. The zero-order valence-corrected chi connectivity index (χ0v) is 9.26. The van der Waals surface area contributed by atoms with Crippen molar-refractivity contribution in [2.45, 2.75) is 0 Å². The first-order valence-corrected chi connectivity index (χ1v) is 4.97. The molecule has 1 nitrogen and oxygen atoms in total. The third-order valence-corrected chi connectivity index (χ3v) is 1.92. The van der Waals surface area contributed by atoms with Gasteiger partial charge in [0.25, 0.3) is 0 Å². The molecule has 0 radical (unpaired) electrons. The summed E-state index contributed by atoms with van der Waals surface area (Å²) in [5.74, 6) is 3.44. The zero-order valence-electron chi connectivity index (χ0n) is 9.26. The first-order chi connectivity index (χ1) is 7.86. The van der Waals surface area contributed by atoms with Crippen LogP contribution in [0.25, 0.3) is 0 Å². The predicted molar refractivity (Wildman–Crippen MR) is 67.4 cm³/mol. The maximum Gasteiger partial charge on any atom is 0.118 e. The molecule has 0 saturated heterocycles. The lowest BCUT2D eigenvalue weighted by atomic mass is 10.2. The van der Waals surface area contributed by atoms with Gasteiger partial charge in [0.2, 0.25) is 0 Å². The van der Waals surface area contributed by atoms with E-state index in [9.17, 15) is 0 Å². The lowest BCUT2D eigenvalue weighted by molar-refractivity contribution is 0.415. The summed E-state index contributed by atoms with van der Waals surface area (Å²) in [7, 11) is 1.66. The van der Waals surface area contributed by atoms with Gasteiger partial charge >= 0.3 is 0 Å². The van der Waals surface area contributed by atoms with E-state index in [1.165, 1.54) is 0 Å². The van der Waals surface area contributed by atoms with Crippen LogP contribution in [0.3, 0.4) is 0 Å². The van der Waals surface area contributed by atoms with Crippen molar-refractivity contribution in [2.75, 3.05) is 7.11 Å². The molecule has 0 N–H and O–H groups in total. The summed E-state index contributed by atoms with van der Waals surface area (Å²) in [5.41, 5.74) is 0.938. The van der Waals surface area contributed by atoms with Gasteiger partial charge in [-0.3, -0.25) is 0 Å². The van der Waals surface area contributed by atoms with Gasteiger partial charge in [-0.15, -0.1) is 6.42 Å². The normalized spacial score (nSPS) is 8.25. The van der Waals surface area contributed by atoms with Gasteiger partial charge in [-0.2, -0.15) is 0 Å². The van der Waals surface area contributed by atoms with Gasteiger partial charge in [0.1, 0.15) is 5.75 Å². The Morgan fingerprint density at radius 2 is 1.38 bits per heavy atom. The van der Waals surface area contributed by atoms with E-state index in [1.54, 1.807) is 7.11 Å². The molecule has 0 aliphatic rings. The van der Waals surface area contributed by atoms with Crippen LogP contribution in [0.4, 0.5) is 0 Å². The van der Waals surface area contributed by atoms with Crippen LogP contribution in [0.5, 0.6) is 5.75 Å². The SMILES string of the molecule is C#Cc1ccccc1.COc1ccccc1. The molecular formula is C15H14O. The van der Waals surface area contributed by atoms with Gasteiger partial charge in [0.05, 0.1) is 7.11 Å². The summed E-state index contributed by atoms with van der Waals surface area (Å²) in [4.78, 5) is 0. The molecule has 0 heterocycles. The Kier molecular flexibility index (Phi) is 5.30. The number of para-hydroxylation sites is 1. The van der Waals surface area contributed by atoms with E-state index in [0.29, 0.717) is 0 Å². The van der Waals surface area contributed by atoms with E-state index in [0.717, 1.165) is 11.3 Å². The van der Waals surface area contributed by atoms with E-state index in [-0.39, 0.29) is 0 Å². The Morgan fingerprint density at radius 3 is 1.69 bits per heavy atom. The van der Waals surface area contributed by atoms with Gasteiger partial charge in [0, 0.05) is 5.56 Å². The monoisotopic (exact) mass is 210 g/mol. The maximum absolute atomic E-state index is 5.10. The minimum atomic E-state index is 0.910. The van der Waals surface area contributed by atoms with Crippen LogP contribution < -0.4 is 4.74 Å². The maximum atomic E-state index is 5.10. The second-order valence-corrected chi connectivity index (χ2v) is 3.03. The molecule has 0 fully saturated rings. The fourth-order valence-corrected chi connectivity index (χ4v) is 1.09. The van der Waals surface area contributed by atoms with Crippen molar-refractivity contribution in [3.8, 4) is 18.1 Å². The summed E-state index contributed by atoms with van der Waals surface area (Å²) >= 11 is 0. The van der Waals surface area contributed by atoms with Crippen LogP contribution in [0.1, 0.15) is 5.56 Å². The molecule has 0 unspecified atom stereocenters. The van der Waals surface area contributed by atoms with Crippen molar-refractivity contribution in [2.24, 2.45) is 0 Å². The average Bonchev–Trinajstić information content (AvgIpc) is 2.41. The van der Waals surface area contributed by atoms with Crippen LogP contribution in [-0.2, 0) is 0 Å². The molecule has 0 aromatic heterocycles. The predicted octanol–water partition coefficient (Wildman–Crippen LogP) is 3.36. The molecule has 0 atom stereocenters. The van der Waals surface area contributed by atoms with E-state index in [4.69, 9.17) is 11.2 Å². The Labute approximate surface area is 96.7 Å². The van der Waals surface area contributed by atoms with E-state index in [1.807, 2.05) is 60.7 Å². The van der Waals surface area contributed by atoms with E-state index in [2.05, 4.69) is 5.92 Å². The minimum absolute atomic E-state index is 0.910. The van der Waals surface area contributed by atoms with Gasteiger partial charge in [-0.1, -0.05) is 42.3 Å². The van der Waals surface area contributed by atoms with Crippen molar-refractivity contribution < 1.29 is 4.74 Å². The van der Waals surface area contributed by atoms with Crippen LogP contribution in [0.2, 0.25) is 0 Å². The Hall–Kier alpha value is -2.20. The average molecular weight is 210 g/mol. The fraction of sp³-hybridized carbons (Fsp3) is 0.0667. The highest BCUT2D eigenvalue weighted by atomic mass is 16.5. The number of methoxy groups -OCH3 is 1. The number of rotatable bonds is 1. The first kappa shape index (κ1) is 11.9. The molecular weight excluding hydrogens is 196 g/mol. The van der Waals surface area contributed by atoms with Gasteiger partial charge in [-0.05, 0) is 24.3 Å². The molecule has 1 heteroatoms. The number of ether oxygens (including phenoxy) is 1. The molecule has 2 aromatic rings. The molecule has 2 aromatic carbocycles. The van der Waals surface area contributed by atoms with Crippen molar-refractivity contribution in [3.05, 3.63) is 66.2 Å². The topological polar surface area (TPSA) is 9.23 Å². The number of terminal acetylenes is 1. The lowest BCUT2D eigenvalue weighted by Gasteiger charge is -1.93. The standard InChI is InChI=1S/C8H6.C7H8O/c1-2-8-6-4-3-5-7-8;1-8-7-5-3-2-4-6-7/h1,3-7H;2-6H,1H3. The molecule has 0 spiro atoms. The summed E-state index contributed by atoms with van der Waals surface area (Å²) in [6.07, 6.45) is 5.10. The Morgan fingerprint density at radius 1 is 0.875 bits per heavy atom. The van der Waals surface area contributed by atoms with Gasteiger partial charge in [0.15, 0.2) is 0 Å². The van der Waals surface area contributed by atoms with Crippen molar-refractivity contribution >= 4 is 0 Å². The number of hydrogen-bond acceptors (Lipinski definition) is 1. The highest BCUT2D eigenvalue weighted by Crippen LogP contribution is 2.05. The van der Waals surface area contributed by atoms with Crippen LogP contribution in [-0.4, -0.2) is 7.11 Å². The first-order valence-electron chi connectivity index (χ1n) is 4.97. The molecule has 80 valence electrons. The van der Waals surface area contributed by atoms with Gasteiger partial charge < -0.3 is 4.74 Å². The minimum Gasteiger partial charge on any atom is -0.497 e. The Bertz CT molecular complexity index is 426. The molecule has 0 aliphatic heterocycles. The second-order valence-electron chi connectivity index (χ2n) is 3.03. The zero-order chi connectivity index (χ0) is 11.6. The molecule has 16 heavy (non-hydrogen) atoms. The van der Waals surface area contributed by atoms with E-state index < -0.39 is 0 Å². The highest BCUT2D eigenvalue weighted by Gasteiger charge is 1.80. The van der Waals surface area contributed by atoms with Crippen LogP contribution >= 0.6 is 0 Å². The summed E-state index contributed by atoms with van der Waals surface area (Å²) in [6, 6.07) is 19.3. The largest absolute Gasteiger partial charge is 0.497 e. The molecule has 0 amide bonds. The Balaban J connectivity index is 0.000000160. The number of hydrogen-bond donors (Lipinski definition) is 0. The van der Waals surface area contributed by atoms with Crippen molar-refractivity contribution in [1.82, 2.24) is 0 Å².